The Balaban J connectivity index is 1.37. The number of sulfonamides is 1. The molecule has 0 radical (unpaired) electrons. The number of carbonyl (C=O) groups is 1. The highest BCUT2D eigenvalue weighted by molar-refractivity contribution is 7.89. The third kappa shape index (κ3) is 6.32. The Morgan fingerprint density at radius 1 is 1.12 bits per heavy atom. The zero-order valence-electron chi connectivity index (χ0n) is 19.0. The largest absolute Gasteiger partial charge is 0.389 e. The lowest BCUT2D eigenvalue weighted by molar-refractivity contribution is -0.146. The van der Waals surface area contributed by atoms with Crippen LogP contribution in [-0.2, 0) is 24.3 Å². The first-order valence-electron chi connectivity index (χ1n) is 11.9. The Bertz CT molecular complexity index is 877. The van der Waals surface area contributed by atoms with Crippen LogP contribution in [0.5, 0.6) is 0 Å². The lowest BCUT2D eigenvalue weighted by Crippen LogP contribution is -2.57. The second-order valence-corrected chi connectivity index (χ2v) is 11.0. The predicted octanol–water partition coefficient (Wildman–Crippen LogP) is 0.587. The molecule has 1 amide bonds. The maximum absolute atomic E-state index is 13.4. The van der Waals surface area contributed by atoms with Crippen molar-refractivity contribution in [2.24, 2.45) is 0 Å². The van der Waals surface area contributed by atoms with E-state index in [0.717, 1.165) is 19.6 Å². The quantitative estimate of drug-likeness (QED) is 0.587. The second kappa shape index (κ2) is 11.2. The molecule has 184 valence electrons. The third-order valence-corrected chi connectivity index (χ3v) is 8.55. The molecule has 3 aliphatic rings. The number of amides is 1. The van der Waals surface area contributed by atoms with Gasteiger partial charge in [-0.05, 0) is 50.9 Å². The summed E-state index contributed by atoms with van der Waals surface area (Å²) in [5.74, 6) is -0.0476. The number of rotatable bonds is 7. The average Bonchev–Trinajstić information content (AvgIpc) is 3.31. The Morgan fingerprint density at radius 2 is 1.88 bits per heavy atom. The number of aliphatic hydroxyl groups excluding tert-OH is 1. The van der Waals surface area contributed by atoms with Gasteiger partial charge in [0.15, 0.2) is 0 Å². The number of β-amino-alcohol motifs (C(OH)–C–C–N with tert-alkyl or cyclic N) is 1. The smallest absolute Gasteiger partial charge is 0.243 e. The molecule has 0 bridgehead atoms. The number of fused-ring (bicyclic) bond motifs is 1. The number of hydrogen-bond donors (Lipinski definition) is 2. The molecule has 3 fully saturated rings. The molecule has 0 saturated carbocycles. The highest BCUT2D eigenvalue weighted by Crippen LogP contribution is 2.31. The van der Waals surface area contributed by atoms with Gasteiger partial charge < -0.3 is 24.8 Å². The van der Waals surface area contributed by atoms with Crippen molar-refractivity contribution in [2.45, 2.75) is 61.4 Å². The van der Waals surface area contributed by atoms with Crippen LogP contribution in [0.4, 0.5) is 0 Å². The minimum Gasteiger partial charge on any atom is -0.389 e. The van der Waals surface area contributed by atoms with Crippen molar-refractivity contribution in [3.63, 3.8) is 0 Å². The normalized spacial score (nSPS) is 29.7. The van der Waals surface area contributed by atoms with Crippen molar-refractivity contribution in [2.75, 3.05) is 45.9 Å². The fraction of sp³-hybridized carbons (Fsp3) is 0.696. The van der Waals surface area contributed by atoms with Crippen LogP contribution in [0, 0.1) is 0 Å². The van der Waals surface area contributed by atoms with Gasteiger partial charge in [-0.3, -0.25) is 4.79 Å². The van der Waals surface area contributed by atoms with Crippen LogP contribution in [0.1, 0.15) is 32.1 Å². The van der Waals surface area contributed by atoms with E-state index >= 15 is 0 Å². The van der Waals surface area contributed by atoms with Crippen molar-refractivity contribution in [1.82, 2.24) is 14.5 Å². The summed E-state index contributed by atoms with van der Waals surface area (Å²) in [7, 11) is -3.81. The molecule has 3 saturated heterocycles. The maximum atomic E-state index is 13.4. The molecule has 1 aromatic carbocycles. The van der Waals surface area contributed by atoms with Gasteiger partial charge >= 0.3 is 0 Å². The van der Waals surface area contributed by atoms with Crippen molar-refractivity contribution >= 4 is 15.9 Å². The van der Waals surface area contributed by atoms with Crippen LogP contribution < -0.4 is 5.32 Å². The van der Waals surface area contributed by atoms with Crippen LogP contribution in [0.3, 0.4) is 0 Å². The fourth-order valence-corrected chi connectivity index (χ4v) is 6.68. The minimum atomic E-state index is -3.81. The van der Waals surface area contributed by atoms with Crippen LogP contribution >= 0.6 is 0 Å². The van der Waals surface area contributed by atoms with Gasteiger partial charge in [-0.2, -0.15) is 4.31 Å². The van der Waals surface area contributed by atoms with E-state index in [1.807, 2.05) is 0 Å². The topological polar surface area (TPSA) is 108 Å². The van der Waals surface area contributed by atoms with Gasteiger partial charge in [0.05, 0.1) is 48.9 Å². The van der Waals surface area contributed by atoms with Gasteiger partial charge in [-0.25, -0.2) is 8.42 Å². The molecule has 3 heterocycles. The zero-order chi connectivity index (χ0) is 23.3. The van der Waals surface area contributed by atoms with Gasteiger partial charge in [0, 0.05) is 19.6 Å². The highest BCUT2D eigenvalue weighted by Gasteiger charge is 2.43. The molecular formula is C23H35N3O6S. The van der Waals surface area contributed by atoms with Gasteiger partial charge in [-0.15, -0.1) is 0 Å². The summed E-state index contributed by atoms with van der Waals surface area (Å²) >= 11 is 0. The number of benzene rings is 1. The molecule has 4 atom stereocenters. The molecular weight excluding hydrogens is 446 g/mol. The molecule has 0 aromatic heterocycles. The lowest BCUT2D eigenvalue weighted by Gasteiger charge is -2.43. The minimum absolute atomic E-state index is 0.0367. The lowest BCUT2D eigenvalue weighted by atomic mass is 9.96. The van der Waals surface area contributed by atoms with Crippen LogP contribution in [0.15, 0.2) is 35.2 Å². The van der Waals surface area contributed by atoms with E-state index in [9.17, 15) is 18.3 Å². The molecule has 9 nitrogen and oxygen atoms in total. The van der Waals surface area contributed by atoms with Gasteiger partial charge in [-0.1, -0.05) is 18.2 Å². The average molecular weight is 482 g/mol. The molecule has 0 spiro atoms. The van der Waals surface area contributed by atoms with Gasteiger partial charge in [0.25, 0.3) is 0 Å². The van der Waals surface area contributed by atoms with E-state index in [-0.39, 0.29) is 43.1 Å². The Hall–Kier alpha value is -1.56. The van der Waals surface area contributed by atoms with Crippen LogP contribution in [-0.4, -0.2) is 98.9 Å². The van der Waals surface area contributed by atoms with Gasteiger partial charge in [0.2, 0.25) is 15.9 Å². The summed E-state index contributed by atoms with van der Waals surface area (Å²) in [4.78, 5) is 15.0. The van der Waals surface area contributed by atoms with E-state index in [1.165, 1.54) is 17.1 Å². The van der Waals surface area contributed by atoms with Crippen molar-refractivity contribution in [3.05, 3.63) is 30.3 Å². The zero-order valence-corrected chi connectivity index (χ0v) is 19.8. The molecule has 3 aliphatic heterocycles. The molecule has 33 heavy (non-hydrogen) atoms. The van der Waals surface area contributed by atoms with Crippen LogP contribution in [0.2, 0.25) is 0 Å². The second-order valence-electron chi connectivity index (χ2n) is 9.12. The number of carbonyl (C=O) groups excluding carboxylic acids is 1. The Morgan fingerprint density at radius 3 is 2.64 bits per heavy atom. The van der Waals surface area contributed by atoms with Crippen molar-refractivity contribution in [3.8, 4) is 0 Å². The SMILES string of the molecule is O=C(C[C@@H]1CC[C@H]2[C@@H](COC[C@H](O)CN2S(=O)(=O)c2ccccc2)O1)NCCN1CCCC1. The summed E-state index contributed by atoms with van der Waals surface area (Å²) < 4.78 is 39.9. The number of ether oxygens (including phenoxy) is 2. The van der Waals surface area contributed by atoms with E-state index in [0.29, 0.717) is 19.4 Å². The maximum Gasteiger partial charge on any atom is 0.243 e. The first kappa shape index (κ1) is 24.6. The molecule has 0 aliphatic carbocycles. The molecule has 4 rings (SSSR count). The number of nitrogens with zero attached hydrogens (tertiary/aromatic N) is 2. The summed E-state index contributed by atoms with van der Waals surface area (Å²) in [5, 5.41) is 13.3. The molecule has 0 unspecified atom stereocenters. The standard InChI is InChI=1S/C23H35N3O6S/c27-18-15-26(33(29,30)20-6-2-1-3-7-20)21-9-8-19(32-22(21)17-31-16-18)14-23(28)24-10-13-25-11-4-5-12-25/h1-3,6-7,18-19,21-22,27H,4-5,8-17H2,(H,24,28)/t18-,19+,21+,22-/m1/s1. The molecule has 10 heteroatoms. The Labute approximate surface area is 196 Å². The highest BCUT2D eigenvalue weighted by atomic mass is 32.2. The van der Waals surface area contributed by atoms with E-state index in [2.05, 4.69) is 10.2 Å². The van der Waals surface area contributed by atoms with Crippen molar-refractivity contribution < 1.29 is 27.8 Å². The van der Waals surface area contributed by atoms with Crippen LogP contribution in [0.25, 0.3) is 0 Å². The summed E-state index contributed by atoms with van der Waals surface area (Å²) in [6.45, 7) is 3.85. The van der Waals surface area contributed by atoms with Crippen molar-refractivity contribution in [1.29, 1.82) is 0 Å². The summed E-state index contributed by atoms with van der Waals surface area (Å²) in [6.07, 6.45) is 2.11. The predicted molar refractivity (Wildman–Crippen MR) is 122 cm³/mol. The molecule has 2 N–H and O–H groups in total. The third-order valence-electron chi connectivity index (χ3n) is 6.65. The first-order chi connectivity index (χ1) is 15.9. The summed E-state index contributed by atoms with van der Waals surface area (Å²) in [6, 6.07) is 7.80. The number of aliphatic hydroxyl groups is 1. The first-order valence-corrected chi connectivity index (χ1v) is 13.3. The van der Waals surface area contributed by atoms with E-state index < -0.39 is 28.3 Å². The monoisotopic (exact) mass is 481 g/mol. The number of hydrogen-bond acceptors (Lipinski definition) is 7. The van der Waals surface area contributed by atoms with E-state index in [4.69, 9.17) is 9.47 Å². The number of likely N-dealkylation sites (tertiary alicyclic amines) is 1. The summed E-state index contributed by atoms with van der Waals surface area (Å²) in [5.41, 5.74) is 0. The molecule has 1 aromatic rings. The Kier molecular flexibility index (Phi) is 8.37. The van der Waals surface area contributed by atoms with E-state index in [1.54, 1.807) is 30.3 Å². The van der Waals surface area contributed by atoms with Gasteiger partial charge in [0.1, 0.15) is 0 Å². The number of nitrogens with one attached hydrogen (secondary N) is 1. The fourth-order valence-electron chi connectivity index (χ4n) is 4.94.